The number of carbonyl (C=O) groups excluding carboxylic acids is 1. The quantitative estimate of drug-likeness (QED) is 0.488. The zero-order valence-corrected chi connectivity index (χ0v) is 16.5. The number of hydrogen-bond donors (Lipinski definition) is 1. The first kappa shape index (κ1) is 21.0. The Balaban J connectivity index is 2.58. The third-order valence-corrected chi connectivity index (χ3v) is 6.23. The Hall–Kier alpha value is -1.01. The van der Waals surface area contributed by atoms with E-state index in [-0.39, 0.29) is 5.49 Å². The van der Waals surface area contributed by atoms with Crippen molar-refractivity contribution in [2.24, 2.45) is 0 Å². The van der Waals surface area contributed by atoms with Crippen LogP contribution in [0, 0.1) is 0 Å². The molecule has 0 saturated heterocycles. The number of ether oxygens (including phenoxy) is 1. The fourth-order valence-electron chi connectivity index (χ4n) is 1.71. The molecule has 0 unspecified atom stereocenters. The van der Waals surface area contributed by atoms with Crippen LogP contribution in [0.3, 0.4) is 0 Å². The summed E-state index contributed by atoms with van der Waals surface area (Å²) in [5.41, 5.74) is 0.332. The van der Waals surface area contributed by atoms with Gasteiger partial charge in [0.1, 0.15) is 11.1 Å². The number of amides is 1. The van der Waals surface area contributed by atoms with Crippen molar-refractivity contribution >= 4 is 31.1 Å². The number of rotatable bonds is 8. The average molecular weight is 375 g/mol. The van der Waals surface area contributed by atoms with Gasteiger partial charge in [-0.1, -0.05) is 0 Å². The van der Waals surface area contributed by atoms with Crippen molar-refractivity contribution in [3.63, 3.8) is 0 Å². The molecule has 1 aromatic rings. The van der Waals surface area contributed by atoms with Crippen LogP contribution >= 0.6 is 19.4 Å². The van der Waals surface area contributed by atoms with Gasteiger partial charge in [0.05, 0.1) is 13.2 Å². The molecule has 1 amide bonds. The average Bonchev–Trinajstić information content (AvgIpc) is 2.45. The SMILES string of the molecule is CCOP(=O)(CSc1ccc(NC(=O)OC(C)(C)C)cc1)OCC. The maximum absolute atomic E-state index is 12.4. The van der Waals surface area contributed by atoms with E-state index in [1.807, 2.05) is 12.1 Å². The molecule has 6 nitrogen and oxygen atoms in total. The Bertz CT molecular complexity index is 561. The van der Waals surface area contributed by atoms with E-state index in [9.17, 15) is 9.36 Å². The minimum atomic E-state index is -3.07. The van der Waals surface area contributed by atoms with E-state index in [0.717, 1.165) is 4.90 Å². The fraction of sp³-hybridized carbons (Fsp3) is 0.562. The van der Waals surface area contributed by atoms with Crippen molar-refractivity contribution in [3.05, 3.63) is 24.3 Å². The molecule has 0 saturated carbocycles. The molecule has 0 aliphatic rings. The van der Waals surface area contributed by atoms with Gasteiger partial charge in [-0.05, 0) is 58.9 Å². The predicted molar refractivity (Wildman–Crippen MR) is 97.9 cm³/mol. The normalized spacial score (nSPS) is 12.0. The molecule has 136 valence electrons. The second-order valence-corrected chi connectivity index (χ2v) is 9.40. The molecule has 8 heteroatoms. The summed E-state index contributed by atoms with van der Waals surface area (Å²) in [6.07, 6.45) is -0.500. The molecule has 0 aliphatic heterocycles. The fourth-order valence-corrected chi connectivity index (χ4v) is 4.73. The first-order valence-corrected chi connectivity index (χ1v) is 10.5. The van der Waals surface area contributed by atoms with Crippen molar-refractivity contribution in [2.75, 3.05) is 24.0 Å². The number of thioether (sulfide) groups is 1. The van der Waals surface area contributed by atoms with E-state index in [0.29, 0.717) is 18.9 Å². The van der Waals surface area contributed by atoms with Crippen molar-refractivity contribution in [1.29, 1.82) is 0 Å². The van der Waals surface area contributed by atoms with Crippen LogP contribution < -0.4 is 5.32 Å². The maximum atomic E-state index is 12.4. The molecule has 0 fully saturated rings. The van der Waals surface area contributed by atoms with Crippen molar-refractivity contribution in [1.82, 2.24) is 0 Å². The highest BCUT2D eigenvalue weighted by Gasteiger charge is 2.23. The summed E-state index contributed by atoms with van der Waals surface area (Å²) in [7, 11) is -3.07. The van der Waals surface area contributed by atoms with Gasteiger partial charge in [-0.2, -0.15) is 0 Å². The Morgan fingerprint density at radius 2 is 1.67 bits per heavy atom. The second-order valence-electron chi connectivity index (χ2n) is 5.87. The molecule has 0 radical (unpaired) electrons. The van der Waals surface area contributed by atoms with Crippen LogP contribution in [-0.2, 0) is 18.3 Å². The van der Waals surface area contributed by atoms with Crippen LogP contribution in [0.4, 0.5) is 10.5 Å². The monoisotopic (exact) mass is 375 g/mol. The largest absolute Gasteiger partial charge is 0.444 e. The van der Waals surface area contributed by atoms with Crippen LogP contribution in [-0.4, -0.2) is 30.4 Å². The molecule has 0 spiro atoms. The van der Waals surface area contributed by atoms with E-state index in [4.69, 9.17) is 13.8 Å². The zero-order valence-electron chi connectivity index (χ0n) is 14.8. The lowest BCUT2D eigenvalue weighted by Crippen LogP contribution is -2.27. The summed E-state index contributed by atoms with van der Waals surface area (Å²) in [5.74, 6) is 0. The van der Waals surface area contributed by atoms with E-state index >= 15 is 0 Å². The van der Waals surface area contributed by atoms with Gasteiger partial charge < -0.3 is 13.8 Å². The molecule has 0 heterocycles. The first-order chi connectivity index (χ1) is 11.2. The smallest absolute Gasteiger partial charge is 0.412 e. The summed E-state index contributed by atoms with van der Waals surface area (Å²) < 4.78 is 28.1. The number of benzene rings is 1. The standard InChI is InChI=1S/C16H26NO5PS/c1-6-20-23(19,21-7-2)12-24-14-10-8-13(9-11-14)17-15(18)22-16(3,4)5/h8-11H,6-7,12H2,1-5H3,(H,17,18). The van der Waals surface area contributed by atoms with E-state index in [1.54, 1.807) is 46.8 Å². The maximum Gasteiger partial charge on any atom is 0.412 e. The summed E-state index contributed by atoms with van der Waals surface area (Å²) >= 11 is 1.39. The molecule has 0 aromatic heterocycles. The van der Waals surface area contributed by atoms with Gasteiger partial charge in [0.15, 0.2) is 0 Å². The van der Waals surface area contributed by atoms with Gasteiger partial charge >= 0.3 is 13.7 Å². The lowest BCUT2D eigenvalue weighted by molar-refractivity contribution is 0.0636. The van der Waals surface area contributed by atoms with Crippen molar-refractivity contribution in [2.45, 2.75) is 45.1 Å². The molecule has 0 bridgehead atoms. The Morgan fingerprint density at radius 3 is 2.12 bits per heavy atom. The molecule has 0 atom stereocenters. The predicted octanol–water partition coefficient (Wildman–Crippen LogP) is 5.35. The van der Waals surface area contributed by atoms with Gasteiger partial charge in [0.2, 0.25) is 0 Å². The van der Waals surface area contributed by atoms with E-state index in [2.05, 4.69) is 5.32 Å². The summed E-state index contributed by atoms with van der Waals surface area (Å²) in [6, 6.07) is 7.19. The Kier molecular flexibility index (Phi) is 8.30. The van der Waals surface area contributed by atoms with Gasteiger partial charge in [-0.15, -0.1) is 11.8 Å². The Morgan fingerprint density at radius 1 is 1.12 bits per heavy atom. The van der Waals surface area contributed by atoms with E-state index < -0.39 is 19.3 Å². The van der Waals surface area contributed by atoms with Gasteiger partial charge in [-0.25, -0.2) is 4.79 Å². The minimum Gasteiger partial charge on any atom is -0.444 e. The van der Waals surface area contributed by atoms with Crippen LogP contribution in [0.25, 0.3) is 0 Å². The Labute approximate surface area is 148 Å². The molecule has 24 heavy (non-hydrogen) atoms. The molecular weight excluding hydrogens is 349 g/mol. The van der Waals surface area contributed by atoms with Crippen LogP contribution in [0.2, 0.25) is 0 Å². The zero-order chi connectivity index (χ0) is 18.2. The highest BCUT2D eigenvalue weighted by Crippen LogP contribution is 2.52. The number of nitrogens with one attached hydrogen (secondary N) is 1. The lowest BCUT2D eigenvalue weighted by Gasteiger charge is -2.19. The first-order valence-electron chi connectivity index (χ1n) is 7.78. The molecule has 1 aromatic carbocycles. The van der Waals surface area contributed by atoms with Gasteiger partial charge in [0.25, 0.3) is 0 Å². The van der Waals surface area contributed by atoms with Crippen LogP contribution in [0.1, 0.15) is 34.6 Å². The van der Waals surface area contributed by atoms with E-state index in [1.165, 1.54) is 11.8 Å². The summed E-state index contributed by atoms with van der Waals surface area (Å²) in [5, 5.41) is 2.66. The highest BCUT2D eigenvalue weighted by molar-refractivity contribution is 8.04. The summed E-state index contributed by atoms with van der Waals surface area (Å²) in [6.45, 7) is 9.68. The minimum absolute atomic E-state index is 0.244. The molecular formula is C16H26NO5PS. The molecule has 1 N–H and O–H groups in total. The molecule has 1 rings (SSSR count). The number of carbonyl (C=O) groups is 1. The summed E-state index contributed by atoms with van der Waals surface area (Å²) in [4.78, 5) is 12.6. The van der Waals surface area contributed by atoms with Gasteiger partial charge in [-0.3, -0.25) is 9.88 Å². The topological polar surface area (TPSA) is 73.9 Å². The lowest BCUT2D eigenvalue weighted by atomic mass is 10.2. The third kappa shape index (κ3) is 8.20. The third-order valence-electron chi connectivity index (χ3n) is 2.54. The number of anilines is 1. The van der Waals surface area contributed by atoms with Crippen LogP contribution in [0.5, 0.6) is 0 Å². The second kappa shape index (κ2) is 9.47. The van der Waals surface area contributed by atoms with Crippen molar-refractivity contribution in [3.8, 4) is 0 Å². The van der Waals surface area contributed by atoms with Crippen LogP contribution in [0.15, 0.2) is 29.2 Å². The van der Waals surface area contributed by atoms with Gasteiger partial charge in [0, 0.05) is 10.6 Å². The molecule has 0 aliphatic carbocycles. The highest BCUT2D eigenvalue weighted by atomic mass is 32.2. The number of hydrogen-bond acceptors (Lipinski definition) is 6. The van der Waals surface area contributed by atoms with Crippen molar-refractivity contribution < 1.29 is 23.1 Å².